The van der Waals surface area contributed by atoms with E-state index in [2.05, 4.69) is 16.9 Å². The molecule has 0 aliphatic rings. The Hall–Kier alpha value is -1.81. The SMILES string of the molecule is C=C(C)CNC(N)=NCC(O)Cc1ccccc1. The van der Waals surface area contributed by atoms with Crippen LogP contribution in [0.1, 0.15) is 12.5 Å². The molecule has 0 saturated heterocycles. The average molecular weight is 247 g/mol. The van der Waals surface area contributed by atoms with Crippen molar-refractivity contribution in [2.75, 3.05) is 13.1 Å². The fraction of sp³-hybridized carbons (Fsp3) is 0.357. The molecule has 18 heavy (non-hydrogen) atoms. The normalized spacial score (nSPS) is 13.1. The van der Waals surface area contributed by atoms with E-state index in [1.807, 2.05) is 37.3 Å². The second-order valence-corrected chi connectivity index (χ2v) is 4.38. The van der Waals surface area contributed by atoms with Crippen molar-refractivity contribution in [1.29, 1.82) is 0 Å². The number of aliphatic hydroxyl groups excluding tert-OH is 1. The zero-order valence-corrected chi connectivity index (χ0v) is 10.8. The Morgan fingerprint density at radius 3 is 2.72 bits per heavy atom. The number of nitrogens with one attached hydrogen (secondary N) is 1. The summed E-state index contributed by atoms with van der Waals surface area (Å²) in [6.07, 6.45) is 0.0653. The second kappa shape index (κ2) is 7.50. The number of aliphatic imine (C=N–C) groups is 1. The van der Waals surface area contributed by atoms with E-state index in [9.17, 15) is 5.11 Å². The molecule has 0 aromatic heterocycles. The van der Waals surface area contributed by atoms with Gasteiger partial charge in [0, 0.05) is 13.0 Å². The van der Waals surface area contributed by atoms with Gasteiger partial charge >= 0.3 is 0 Å². The lowest BCUT2D eigenvalue weighted by molar-refractivity contribution is 0.184. The van der Waals surface area contributed by atoms with Crippen LogP contribution in [0.2, 0.25) is 0 Å². The molecule has 0 fully saturated rings. The van der Waals surface area contributed by atoms with Crippen LogP contribution in [0.15, 0.2) is 47.5 Å². The van der Waals surface area contributed by atoms with E-state index in [-0.39, 0.29) is 0 Å². The summed E-state index contributed by atoms with van der Waals surface area (Å²) in [6, 6.07) is 9.82. The summed E-state index contributed by atoms with van der Waals surface area (Å²) in [4.78, 5) is 4.08. The fourth-order valence-corrected chi connectivity index (χ4v) is 1.45. The van der Waals surface area contributed by atoms with E-state index in [1.54, 1.807) is 0 Å². The van der Waals surface area contributed by atoms with Crippen molar-refractivity contribution >= 4 is 5.96 Å². The smallest absolute Gasteiger partial charge is 0.188 e. The molecule has 0 amide bonds. The number of guanidine groups is 1. The van der Waals surface area contributed by atoms with E-state index >= 15 is 0 Å². The van der Waals surface area contributed by atoms with E-state index in [4.69, 9.17) is 5.73 Å². The highest BCUT2D eigenvalue weighted by atomic mass is 16.3. The first-order chi connectivity index (χ1) is 8.58. The van der Waals surface area contributed by atoms with E-state index in [0.29, 0.717) is 25.5 Å². The predicted molar refractivity (Wildman–Crippen MR) is 75.5 cm³/mol. The number of hydrogen-bond donors (Lipinski definition) is 3. The predicted octanol–water partition coefficient (Wildman–Crippen LogP) is 1.07. The highest BCUT2D eigenvalue weighted by molar-refractivity contribution is 5.78. The number of nitrogens with two attached hydrogens (primary N) is 1. The monoisotopic (exact) mass is 247 g/mol. The Morgan fingerprint density at radius 2 is 2.11 bits per heavy atom. The molecule has 1 atom stereocenters. The maximum Gasteiger partial charge on any atom is 0.188 e. The summed E-state index contributed by atoms with van der Waals surface area (Å²) in [6.45, 7) is 6.56. The molecule has 1 unspecified atom stereocenters. The van der Waals surface area contributed by atoms with Gasteiger partial charge in [0.05, 0.1) is 12.6 Å². The molecule has 0 spiro atoms. The van der Waals surface area contributed by atoms with Crippen LogP contribution < -0.4 is 11.1 Å². The van der Waals surface area contributed by atoms with Crippen molar-refractivity contribution < 1.29 is 5.11 Å². The molecule has 4 N–H and O–H groups in total. The van der Waals surface area contributed by atoms with Crippen molar-refractivity contribution in [3.05, 3.63) is 48.0 Å². The van der Waals surface area contributed by atoms with Crippen LogP contribution in [0.4, 0.5) is 0 Å². The third kappa shape index (κ3) is 6.06. The number of benzene rings is 1. The Labute approximate surface area is 108 Å². The zero-order valence-electron chi connectivity index (χ0n) is 10.8. The van der Waals surface area contributed by atoms with Gasteiger partial charge in [-0.2, -0.15) is 0 Å². The van der Waals surface area contributed by atoms with Gasteiger partial charge in [-0.25, -0.2) is 0 Å². The first-order valence-corrected chi connectivity index (χ1v) is 5.98. The molecular formula is C14H21N3O. The second-order valence-electron chi connectivity index (χ2n) is 4.38. The summed E-state index contributed by atoms with van der Waals surface area (Å²) in [5.41, 5.74) is 7.73. The first-order valence-electron chi connectivity index (χ1n) is 5.98. The summed E-state index contributed by atoms with van der Waals surface area (Å²) in [5.74, 6) is 0.338. The van der Waals surface area contributed by atoms with Crippen LogP contribution in [0.5, 0.6) is 0 Å². The molecule has 0 saturated carbocycles. The molecule has 0 bridgehead atoms. The fourth-order valence-electron chi connectivity index (χ4n) is 1.45. The van der Waals surface area contributed by atoms with Crippen LogP contribution in [0, 0.1) is 0 Å². The molecular weight excluding hydrogens is 226 g/mol. The van der Waals surface area contributed by atoms with Gasteiger partial charge in [0.2, 0.25) is 0 Å². The molecule has 4 nitrogen and oxygen atoms in total. The van der Waals surface area contributed by atoms with Gasteiger partial charge in [0.1, 0.15) is 0 Å². The van der Waals surface area contributed by atoms with E-state index in [1.165, 1.54) is 0 Å². The highest BCUT2D eigenvalue weighted by Gasteiger charge is 2.04. The minimum Gasteiger partial charge on any atom is -0.391 e. The molecule has 1 aromatic rings. The molecule has 0 aliphatic carbocycles. The first kappa shape index (κ1) is 14.3. The van der Waals surface area contributed by atoms with Crippen LogP contribution in [-0.4, -0.2) is 30.3 Å². The molecule has 1 aromatic carbocycles. The van der Waals surface area contributed by atoms with Crippen LogP contribution in [0.25, 0.3) is 0 Å². The Balaban J connectivity index is 2.34. The average Bonchev–Trinajstić information content (AvgIpc) is 2.35. The number of aliphatic hydroxyl groups is 1. The lowest BCUT2D eigenvalue weighted by atomic mass is 10.1. The standard InChI is InChI=1S/C14H21N3O/c1-11(2)9-16-14(15)17-10-13(18)8-12-6-4-3-5-7-12/h3-7,13,18H,1,8-10H2,2H3,(H3,15,16,17). The summed E-state index contributed by atoms with van der Waals surface area (Å²) >= 11 is 0. The number of rotatable bonds is 6. The zero-order chi connectivity index (χ0) is 13.4. The summed E-state index contributed by atoms with van der Waals surface area (Å²) in [7, 11) is 0. The minimum atomic E-state index is -0.516. The Bertz CT molecular complexity index is 401. The van der Waals surface area contributed by atoms with Gasteiger partial charge < -0.3 is 16.2 Å². The van der Waals surface area contributed by atoms with Crippen molar-refractivity contribution in [3.63, 3.8) is 0 Å². The van der Waals surface area contributed by atoms with Crippen LogP contribution in [0.3, 0.4) is 0 Å². The molecule has 4 heteroatoms. The van der Waals surface area contributed by atoms with Gasteiger partial charge in [-0.05, 0) is 12.5 Å². The largest absolute Gasteiger partial charge is 0.391 e. The lowest BCUT2D eigenvalue weighted by Gasteiger charge is -2.09. The molecule has 98 valence electrons. The Kier molecular flexibility index (Phi) is 5.94. The maximum atomic E-state index is 9.82. The van der Waals surface area contributed by atoms with Gasteiger partial charge in [0.15, 0.2) is 5.96 Å². The third-order valence-electron chi connectivity index (χ3n) is 2.36. The maximum absolute atomic E-state index is 9.82. The Morgan fingerprint density at radius 1 is 1.44 bits per heavy atom. The van der Waals surface area contributed by atoms with Crippen LogP contribution in [-0.2, 0) is 6.42 Å². The highest BCUT2D eigenvalue weighted by Crippen LogP contribution is 2.03. The van der Waals surface area contributed by atoms with Gasteiger partial charge in [-0.3, -0.25) is 4.99 Å². The topological polar surface area (TPSA) is 70.6 Å². The molecule has 0 radical (unpaired) electrons. The molecule has 0 aliphatic heterocycles. The summed E-state index contributed by atoms with van der Waals surface area (Å²) in [5, 5.41) is 12.7. The number of nitrogens with zero attached hydrogens (tertiary/aromatic N) is 1. The van der Waals surface area contributed by atoms with Gasteiger partial charge in [-0.15, -0.1) is 0 Å². The molecule has 1 rings (SSSR count). The molecule has 0 heterocycles. The quantitative estimate of drug-likeness (QED) is 0.400. The number of hydrogen-bond acceptors (Lipinski definition) is 2. The van der Waals surface area contributed by atoms with E-state index < -0.39 is 6.10 Å². The lowest BCUT2D eigenvalue weighted by Crippen LogP contribution is -2.33. The van der Waals surface area contributed by atoms with Crippen molar-refractivity contribution in [2.45, 2.75) is 19.4 Å². The van der Waals surface area contributed by atoms with Crippen molar-refractivity contribution in [3.8, 4) is 0 Å². The van der Waals surface area contributed by atoms with Crippen molar-refractivity contribution in [2.24, 2.45) is 10.7 Å². The summed E-state index contributed by atoms with van der Waals surface area (Å²) < 4.78 is 0. The van der Waals surface area contributed by atoms with E-state index in [0.717, 1.165) is 11.1 Å². The minimum absolute atomic E-state index is 0.296. The van der Waals surface area contributed by atoms with Gasteiger partial charge in [0.25, 0.3) is 0 Å². The van der Waals surface area contributed by atoms with Crippen molar-refractivity contribution in [1.82, 2.24) is 5.32 Å². The third-order valence-corrected chi connectivity index (χ3v) is 2.36. The van der Waals surface area contributed by atoms with Gasteiger partial charge in [-0.1, -0.05) is 42.5 Å². The van der Waals surface area contributed by atoms with Crippen LogP contribution >= 0.6 is 0 Å².